The summed E-state index contributed by atoms with van der Waals surface area (Å²) in [6.45, 7) is 2.22. The summed E-state index contributed by atoms with van der Waals surface area (Å²) in [6.07, 6.45) is 2.49. The molecule has 1 aromatic carbocycles. The molecule has 0 unspecified atom stereocenters. The Labute approximate surface area is 137 Å². The van der Waals surface area contributed by atoms with E-state index in [9.17, 15) is 14.7 Å². The summed E-state index contributed by atoms with van der Waals surface area (Å²) in [4.78, 5) is 23.5. The van der Waals surface area contributed by atoms with Crippen LogP contribution in [0.25, 0.3) is 0 Å². The van der Waals surface area contributed by atoms with Crippen molar-refractivity contribution in [1.82, 2.24) is 5.32 Å². The van der Waals surface area contributed by atoms with Crippen LogP contribution in [0.3, 0.4) is 0 Å². The van der Waals surface area contributed by atoms with Crippen LogP contribution in [0.2, 0.25) is 0 Å². The number of benzene rings is 1. The molecular formula is C18H25NO4. The number of aliphatic hydroxyl groups is 1. The molecule has 5 nitrogen and oxygen atoms in total. The number of aryl methyl sites for hydroxylation is 1. The molecule has 1 aromatic rings. The standard InChI is InChI=1S/C18H25NO4/c1-13-4-3-5-14(10-13)11-16(20)19-12-18(22)8-6-15(7-9-18)17(21)23-2/h3-5,10,15,22H,6-9,11-12H2,1-2H3,(H,19,20). The Morgan fingerprint density at radius 3 is 2.65 bits per heavy atom. The maximum atomic E-state index is 12.0. The summed E-state index contributed by atoms with van der Waals surface area (Å²) in [5.74, 6) is -0.446. The largest absolute Gasteiger partial charge is 0.469 e. The van der Waals surface area contributed by atoms with E-state index >= 15 is 0 Å². The number of esters is 1. The average Bonchev–Trinajstić information content (AvgIpc) is 2.53. The van der Waals surface area contributed by atoms with Crippen LogP contribution in [0.1, 0.15) is 36.8 Å². The summed E-state index contributed by atoms with van der Waals surface area (Å²) >= 11 is 0. The van der Waals surface area contributed by atoms with Crippen molar-refractivity contribution in [3.8, 4) is 0 Å². The van der Waals surface area contributed by atoms with Crippen LogP contribution in [0.5, 0.6) is 0 Å². The highest BCUT2D eigenvalue weighted by Gasteiger charge is 2.36. The van der Waals surface area contributed by atoms with E-state index in [0.717, 1.165) is 11.1 Å². The van der Waals surface area contributed by atoms with Gasteiger partial charge in [0.25, 0.3) is 0 Å². The number of amides is 1. The lowest BCUT2D eigenvalue weighted by atomic mass is 9.78. The zero-order chi connectivity index (χ0) is 16.9. The molecule has 0 heterocycles. The van der Waals surface area contributed by atoms with Crippen LogP contribution in [0, 0.1) is 12.8 Å². The first kappa shape index (κ1) is 17.5. The van der Waals surface area contributed by atoms with Crippen LogP contribution in [0.4, 0.5) is 0 Å². The van der Waals surface area contributed by atoms with Gasteiger partial charge in [-0.2, -0.15) is 0 Å². The third-order valence-electron chi connectivity index (χ3n) is 4.51. The van der Waals surface area contributed by atoms with Gasteiger partial charge in [0.2, 0.25) is 5.91 Å². The molecule has 2 rings (SSSR count). The van der Waals surface area contributed by atoms with Crippen molar-refractivity contribution in [1.29, 1.82) is 0 Å². The molecule has 0 aromatic heterocycles. The van der Waals surface area contributed by atoms with E-state index in [-0.39, 0.29) is 24.3 Å². The quantitative estimate of drug-likeness (QED) is 0.811. The molecule has 0 radical (unpaired) electrons. The van der Waals surface area contributed by atoms with E-state index in [1.807, 2.05) is 31.2 Å². The predicted molar refractivity (Wildman–Crippen MR) is 86.8 cm³/mol. The molecule has 23 heavy (non-hydrogen) atoms. The molecule has 1 fully saturated rings. The van der Waals surface area contributed by atoms with Crippen molar-refractivity contribution >= 4 is 11.9 Å². The van der Waals surface area contributed by atoms with E-state index < -0.39 is 5.60 Å². The van der Waals surface area contributed by atoms with E-state index in [2.05, 4.69) is 5.32 Å². The van der Waals surface area contributed by atoms with Crippen molar-refractivity contribution in [2.24, 2.45) is 5.92 Å². The summed E-state index contributed by atoms with van der Waals surface area (Å²) in [5.41, 5.74) is 1.16. The minimum absolute atomic E-state index is 0.0980. The molecule has 0 saturated heterocycles. The first-order valence-corrected chi connectivity index (χ1v) is 8.04. The van der Waals surface area contributed by atoms with E-state index in [0.29, 0.717) is 32.1 Å². The van der Waals surface area contributed by atoms with Gasteiger partial charge < -0.3 is 15.2 Å². The first-order valence-electron chi connectivity index (χ1n) is 8.04. The van der Waals surface area contributed by atoms with E-state index in [1.165, 1.54) is 7.11 Å². The number of methoxy groups -OCH3 is 1. The molecule has 0 bridgehead atoms. The summed E-state index contributed by atoms with van der Waals surface area (Å²) < 4.78 is 4.74. The normalized spacial score (nSPS) is 24.0. The summed E-state index contributed by atoms with van der Waals surface area (Å²) in [5, 5.41) is 13.3. The van der Waals surface area contributed by atoms with E-state index in [4.69, 9.17) is 4.74 Å². The lowest BCUT2D eigenvalue weighted by molar-refractivity contribution is -0.148. The Hall–Kier alpha value is -1.88. The van der Waals surface area contributed by atoms with Gasteiger partial charge in [0.15, 0.2) is 0 Å². The summed E-state index contributed by atoms with van der Waals surface area (Å²) in [6, 6.07) is 7.82. The van der Waals surface area contributed by atoms with Gasteiger partial charge in [0.1, 0.15) is 0 Å². The van der Waals surface area contributed by atoms with Crippen molar-refractivity contribution in [3.05, 3.63) is 35.4 Å². The fraction of sp³-hybridized carbons (Fsp3) is 0.556. The van der Waals surface area contributed by atoms with Gasteiger partial charge in [-0.25, -0.2) is 0 Å². The lowest BCUT2D eigenvalue weighted by Crippen LogP contribution is -2.46. The second kappa shape index (κ2) is 7.59. The monoisotopic (exact) mass is 319 g/mol. The Bertz CT molecular complexity index is 562. The van der Waals surface area contributed by atoms with Gasteiger partial charge in [-0.05, 0) is 38.2 Å². The highest BCUT2D eigenvalue weighted by atomic mass is 16.5. The van der Waals surface area contributed by atoms with Crippen LogP contribution in [-0.4, -0.2) is 36.2 Å². The molecule has 1 amide bonds. The predicted octanol–water partition coefficient (Wildman–Crippen LogP) is 1.75. The lowest BCUT2D eigenvalue weighted by Gasteiger charge is -2.35. The number of rotatable bonds is 5. The topological polar surface area (TPSA) is 75.6 Å². The molecule has 1 aliphatic carbocycles. The third-order valence-corrected chi connectivity index (χ3v) is 4.51. The van der Waals surface area contributed by atoms with Gasteiger partial charge in [-0.1, -0.05) is 29.8 Å². The molecule has 5 heteroatoms. The SMILES string of the molecule is COC(=O)C1CCC(O)(CNC(=O)Cc2cccc(C)c2)CC1. The maximum Gasteiger partial charge on any atom is 0.308 e. The first-order chi connectivity index (χ1) is 10.9. The van der Waals surface area contributed by atoms with Gasteiger partial charge in [-0.3, -0.25) is 9.59 Å². The molecule has 126 valence electrons. The zero-order valence-electron chi connectivity index (χ0n) is 13.8. The fourth-order valence-electron chi connectivity index (χ4n) is 3.07. The van der Waals surface area contributed by atoms with E-state index in [1.54, 1.807) is 0 Å². The number of carbonyl (C=O) groups is 2. The van der Waals surface area contributed by atoms with Crippen molar-refractivity contribution < 1.29 is 19.4 Å². The van der Waals surface area contributed by atoms with Crippen molar-refractivity contribution in [2.75, 3.05) is 13.7 Å². The second-order valence-corrected chi connectivity index (χ2v) is 6.46. The highest BCUT2D eigenvalue weighted by molar-refractivity contribution is 5.78. The summed E-state index contributed by atoms with van der Waals surface area (Å²) in [7, 11) is 1.38. The van der Waals surface area contributed by atoms with Crippen molar-refractivity contribution in [3.63, 3.8) is 0 Å². The Morgan fingerprint density at radius 1 is 1.35 bits per heavy atom. The van der Waals surface area contributed by atoms with Crippen LogP contribution in [0.15, 0.2) is 24.3 Å². The number of nitrogens with one attached hydrogen (secondary N) is 1. The van der Waals surface area contributed by atoms with Crippen LogP contribution in [-0.2, 0) is 20.7 Å². The molecule has 0 aliphatic heterocycles. The zero-order valence-corrected chi connectivity index (χ0v) is 13.8. The maximum absolute atomic E-state index is 12.0. The fourth-order valence-corrected chi connectivity index (χ4v) is 3.07. The van der Waals surface area contributed by atoms with Gasteiger partial charge >= 0.3 is 5.97 Å². The highest BCUT2D eigenvalue weighted by Crippen LogP contribution is 2.32. The van der Waals surface area contributed by atoms with Crippen LogP contribution < -0.4 is 5.32 Å². The number of hydrogen-bond acceptors (Lipinski definition) is 4. The molecular weight excluding hydrogens is 294 g/mol. The average molecular weight is 319 g/mol. The number of ether oxygens (including phenoxy) is 1. The van der Waals surface area contributed by atoms with Crippen LogP contribution >= 0.6 is 0 Å². The molecule has 0 spiro atoms. The Morgan fingerprint density at radius 2 is 2.04 bits per heavy atom. The minimum Gasteiger partial charge on any atom is -0.469 e. The smallest absolute Gasteiger partial charge is 0.308 e. The molecule has 0 atom stereocenters. The van der Waals surface area contributed by atoms with Gasteiger partial charge in [0, 0.05) is 6.54 Å². The third kappa shape index (κ3) is 5.06. The molecule has 1 aliphatic rings. The van der Waals surface area contributed by atoms with Crippen molar-refractivity contribution in [2.45, 2.75) is 44.6 Å². The second-order valence-electron chi connectivity index (χ2n) is 6.46. The minimum atomic E-state index is -0.924. The molecule has 2 N–H and O–H groups in total. The number of hydrogen-bond donors (Lipinski definition) is 2. The van der Waals surface area contributed by atoms with Gasteiger partial charge in [0.05, 0.1) is 25.0 Å². The number of carbonyl (C=O) groups excluding carboxylic acids is 2. The molecule has 1 saturated carbocycles. The van der Waals surface area contributed by atoms with Gasteiger partial charge in [-0.15, -0.1) is 0 Å². The Balaban J connectivity index is 1.79. The Kier molecular flexibility index (Phi) is 5.77.